The van der Waals surface area contributed by atoms with Crippen molar-refractivity contribution in [2.45, 2.75) is 56.9 Å². The van der Waals surface area contributed by atoms with E-state index in [1.165, 1.54) is 11.3 Å². The van der Waals surface area contributed by atoms with Crippen LogP contribution in [0.15, 0.2) is 64.9 Å². The summed E-state index contributed by atoms with van der Waals surface area (Å²) in [5, 5.41) is 4.70. The maximum absolute atomic E-state index is 5.55. The Morgan fingerprint density at radius 3 is 2.53 bits per heavy atom. The van der Waals surface area contributed by atoms with Gasteiger partial charge in [-0.25, -0.2) is 9.50 Å². The third-order valence-corrected chi connectivity index (χ3v) is 6.00. The van der Waals surface area contributed by atoms with Crippen LogP contribution >= 0.6 is 11.8 Å². The zero-order valence-corrected chi connectivity index (χ0v) is 21.1. The molecule has 0 aliphatic carbocycles. The lowest BCUT2D eigenvalue weighted by atomic mass is 10.0. The first kappa shape index (κ1) is 25.7. The van der Waals surface area contributed by atoms with Crippen molar-refractivity contribution < 1.29 is 4.74 Å². The molecule has 0 saturated heterocycles. The van der Waals surface area contributed by atoms with E-state index in [1.807, 2.05) is 42.6 Å². The summed E-state index contributed by atoms with van der Waals surface area (Å²) < 4.78 is 7.54. The predicted molar refractivity (Wildman–Crippen MR) is 136 cm³/mol. The quantitative estimate of drug-likeness (QED) is 0.422. The molecule has 0 atom stereocenters. The predicted octanol–water partition coefficient (Wildman–Crippen LogP) is 6.35. The zero-order chi connectivity index (χ0) is 23.5. The second-order valence-corrected chi connectivity index (χ2v) is 8.26. The van der Waals surface area contributed by atoms with Gasteiger partial charge in [0.05, 0.1) is 12.8 Å². The maximum atomic E-state index is 5.55. The molecule has 3 heterocycles. The van der Waals surface area contributed by atoms with Crippen molar-refractivity contribution in [3.05, 3.63) is 72.1 Å². The largest absolute Gasteiger partial charge is 0.479 e. The fourth-order valence-electron chi connectivity index (χ4n) is 3.39. The standard InChI is InChI=1S/C18H20N4OS.C6H10.C2H6/c1-12-14-11-21(2)10-9-15(14)22-17(19-12)16(18(20-22)23-3)24-13-7-5-4-6-8-13;1-3-5-6-4-2;1-2/h4-8H,9-11H2,1-3H3;3,5-6H,1,4H2,2H3;1-2H3/b;6-5-;. The lowest BCUT2D eigenvalue weighted by Gasteiger charge is -2.26. The molecule has 1 aliphatic rings. The van der Waals surface area contributed by atoms with Gasteiger partial charge in [0.2, 0.25) is 5.88 Å². The van der Waals surface area contributed by atoms with E-state index in [0.717, 1.165) is 47.1 Å². The number of hydrogen-bond donors (Lipinski definition) is 0. The Labute approximate surface area is 197 Å². The number of ether oxygens (including phenoxy) is 1. The molecule has 1 aliphatic heterocycles. The van der Waals surface area contributed by atoms with Gasteiger partial charge in [-0.3, -0.25) is 0 Å². The van der Waals surface area contributed by atoms with Crippen LogP contribution in [0.1, 0.15) is 44.1 Å². The third kappa shape index (κ3) is 6.24. The van der Waals surface area contributed by atoms with E-state index < -0.39 is 0 Å². The van der Waals surface area contributed by atoms with E-state index >= 15 is 0 Å². The summed E-state index contributed by atoms with van der Waals surface area (Å²) in [6.07, 6.45) is 7.87. The number of benzene rings is 1. The van der Waals surface area contributed by atoms with Crippen LogP contribution in [0.25, 0.3) is 5.65 Å². The summed E-state index contributed by atoms with van der Waals surface area (Å²) in [5.41, 5.74) is 4.52. The molecule has 0 N–H and O–H groups in total. The molecule has 0 amide bonds. The van der Waals surface area contributed by atoms with E-state index in [2.05, 4.69) is 50.6 Å². The SMILES string of the molecule is C=C/C=C\CC.CC.COc1nn2c3c(c(C)nc2c1Sc1ccccc1)CN(C)CC3. The number of likely N-dealkylation sites (N-methyl/N-ethyl adjacent to an activating group) is 1. The summed E-state index contributed by atoms with van der Waals surface area (Å²) in [6, 6.07) is 10.3. The summed E-state index contributed by atoms with van der Waals surface area (Å²) in [7, 11) is 3.82. The van der Waals surface area contributed by atoms with Crippen LogP contribution in [0, 0.1) is 6.92 Å². The minimum Gasteiger partial charge on any atom is -0.479 e. The summed E-state index contributed by atoms with van der Waals surface area (Å²) in [4.78, 5) is 9.32. The normalized spacial score (nSPS) is 13.1. The van der Waals surface area contributed by atoms with Crippen LogP contribution in [-0.4, -0.2) is 40.2 Å². The van der Waals surface area contributed by atoms with E-state index in [9.17, 15) is 0 Å². The van der Waals surface area contributed by atoms with Gasteiger partial charge in [0, 0.05) is 35.7 Å². The summed E-state index contributed by atoms with van der Waals surface area (Å²) in [6.45, 7) is 13.7. The van der Waals surface area contributed by atoms with Crippen molar-refractivity contribution in [1.29, 1.82) is 0 Å². The Balaban J connectivity index is 0.000000396. The van der Waals surface area contributed by atoms with Gasteiger partial charge in [-0.15, -0.1) is 5.10 Å². The monoisotopic (exact) mass is 452 g/mol. The topological polar surface area (TPSA) is 42.7 Å². The molecule has 0 fully saturated rings. The summed E-state index contributed by atoms with van der Waals surface area (Å²) in [5.74, 6) is 0.642. The molecule has 0 bridgehead atoms. The van der Waals surface area contributed by atoms with Crippen molar-refractivity contribution in [1.82, 2.24) is 19.5 Å². The highest BCUT2D eigenvalue weighted by molar-refractivity contribution is 7.99. The lowest BCUT2D eigenvalue weighted by Crippen LogP contribution is -2.29. The first-order valence-corrected chi connectivity index (χ1v) is 12.0. The fourth-order valence-corrected chi connectivity index (χ4v) is 4.36. The van der Waals surface area contributed by atoms with Crippen LogP contribution in [0.4, 0.5) is 0 Å². The number of hydrogen-bond acceptors (Lipinski definition) is 5. The molecule has 6 heteroatoms. The number of aromatic nitrogens is 3. The van der Waals surface area contributed by atoms with Gasteiger partial charge in [-0.1, -0.05) is 75.5 Å². The number of aryl methyl sites for hydroxylation is 1. The molecule has 0 saturated carbocycles. The molecule has 3 aromatic rings. The minimum atomic E-state index is 0.642. The number of allylic oxidation sites excluding steroid dienone is 3. The Morgan fingerprint density at radius 1 is 1.22 bits per heavy atom. The highest BCUT2D eigenvalue weighted by Gasteiger charge is 2.24. The second-order valence-electron chi connectivity index (χ2n) is 7.17. The number of methoxy groups -OCH3 is 1. The number of rotatable bonds is 5. The molecule has 2 aromatic heterocycles. The molecule has 172 valence electrons. The van der Waals surface area contributed by atoms with E-state index in [-0.39, 0.29) is 0 Å². The van der Waals surface area contributed by atoms with Gasteiger partial charge in [0.25, 0.3) is 0 Å². The lowest BCUT2D eigenvalue weighted by molar-refractivity contribution is 0.305. The Hall–Kier alpha value is -2.57. The molecule has 5 nitrogen and oxygen atoms in total. The van der Waals surface area contributed by atoms with E-state index in [0.29, 0.717) is 5.88 Å². The van der Waals surface area contributed by atoms with Gasteiger partial charge in [-0.2, -0.15) is 0 Å². The molecule has 4 rings (SSSR count). The molecule has 0 radical (unpaired) electrons. The molecule has 1 aromatic carbocycles. The highest BCUT2D eigenvalue weighted by Crippen LogP contribution is 2.38. The Morgan fingerprint density at radius 2 is 1.94 bits per heavy atom. The van der Waals surface area contributed by atoms with Crippen LogP contribution in [-0.2, 0) is 13.0 Å². The first-order chi connectivity index (χ1) is 15.6. The summed E-state index contributed by atoms with van der Waals surface area (Å²) >= 11 is 1.65. The van der Waals surface area contributed by atoms with Crippen LogP contribution in [0.3, 0.4) is 0 Å². The van der Waals surface area contributed by atoms with Crippen molar-refractivity contribution >= 4 is 17.4 Å². The average Bonchev–Trinajstić information content (AvgIpc) is 3.17. The molecule has 32 heavy (non-hydrogen) atoms. The van der Waals surface area contributed by atoms with E-state index in [4.69, 9.17) is 14.8 Å². The fraction of sp³-hybridized carbons (Fsp3) is 0.385. The molecular formula is C26H36N4OS. The minimum absolute atomic E-state index is 0.642. The van der Waals surface area contributed by atoms with Crippen molar-refractivity contribution in [3.63, 3.8) is 0 Å². The number of nitrogens with zero attached hydrogens (tertiary/aromatic N) is 4. The van der Waals surface area contributed by atoms with Crippen LogP contribution in [0.5, 0.6) is 5.88 Å². The van der Waals surface area contributed by atoms with Crippen LogP contribution < -0.4 is 4.74 Å². The van der Waals surface area contributed by atoms with Crippen LogP contribution in [0.2, 0.25) is 0 Å². The number of fused-ring (bicyclic) bond motifs is 3. The Kier molecular flexibility index (Phi) is 10.5. The Bertz CT molecular complexity index is 1030. The average molecular weight is 453 g/mol. The van der Waals surface area contributed by atoms with Crippen molar-refractivity contribution in [2.24, 2.45) is 0 Å². The molecular weight excluding hydrogens is 416 g/mol. The first-order valence-electron chi connectivity index (χ1n) is 11.2. The second kappa shape index (κ2) is 13.1. The van der Waals surface area contributed by atoms with Gasteiger partial charge in [0.1, 0.15) is 4.90 Å². The maximum Gasteiger partial charge on any atom is 0.249 e. The van der Waals surface area contributed by atoms with Crippen molar-refractivity contribution in [2.75, 3.05) is 20.7 Å². The zero-order valence-electron chi connectivity index (χ0n) is 20.3. The van der Waals surface area contributed by atoms with Gasteiger partial charge < -0.3 is 9.64 Å². The van der Waals surface area contributed by atoms with Gasteiger partial charge in [-0.05, 0) is 32.5 Å². The van der Waals surface area contributed by atoms with Gasteiger partial charge in [0.15, 0.2) is 5.65 Å². The highest BCUT2D eigenvalue weighted by atomic mass is 32.2. The van der Waals surface area contributed by atoms with Crippen molar-refractivity contribution in [3.8, 4) is 5.88 Å². The molecule has 0 unspecified atom stereocenters. The molecule has 0 spiro atoms. The van der Waals surface area contributed by atoms with Gasteiger partial charge >= 0.3 is 0 Å². The third-order valence-electron chi connectivity index (χ3n) is 4.93. The van der Waals surface area contributed by atoms with E-state index in [1.54, 1.807) is 24.9 Å². The smallest absolute Gasteiger partial charge is 0.249 e.